The molecule has 0 aliphatic rings. The molecule has 7 nitrogen and oxygen atoms in total. The molecule has 3 aromatic rings. The summed E-state index contributed by atoms with van der Waals surface area (Å²) in [6, 6.07) is 0. The standard InChI is InChI=1S/C16H19N5O2S/c1-8-7-17-16(24-8)18-12(22)6-5-11-9(2)13-10(3)20-21(4)14(13)19-15(11)23/h7H,5-6H2,1-4H3,(H,19,23)(H,17,18,22). The van der Waals surface area contributed by atoms with E-state index in [1.165, 1.54) is 11.3 Å². The number of aromatic amines is 1. The monoisotopic (exact) mass is 345 g/mol. The third-order valence-electron chi connectivity index (χ3n) is 4.03. The molecule has 0 saturated heterocycles. The fourth-order valence-corrected chi connectivity index (χ4v) is 3.57. The lowest BCUT2D eigenvalue weighted by atomic mass is 10.0. The highest BCUT2D eigenvalue weighted by atomic mass is 32.1. The number of fused-ring (bicyclic) bond motifs is 1. The molecule has 0 unspecified atom stereocenters. The highest BCUT2D eigenvalue weighted by molar-refractivity contribution is 7.15. The van der Waals surface area contributed by atoms with Crippen molar-refractivity contribution < 1.29 is 4.79 Å². The minimum atomic E-state index is -0.166. The maximum atomic E-state index is 12.4. The molecule has 8 heteroatoms. The molecule has 3 rings (SSSR count). The van der Waals surface area contributed by atoms with Crippen LogP contribution >= 0.6 is 11.3 Å². The van der Waals surface area contributed by atoms with Gasteiger partial charge >= 0.3 is 0 Å². The molecule has 0 fully saturated rings. The minimum Gasteiger partial charge on any atom is -0.307 e. The minimum absolute atomic E-state index is 0.147. The molecule has 24 heavy (non-hydrogen) atoms. The Kier molecular flexibility index (Phi) is 4.23. The lowest BCUT2D eigenvalue weighted by Gasteiger charge is -2.07. The van der Waals surface area contributed by atoms with Crippen LogP contribution in [0.4, 0.5) is 5.13 Å². The summed E-state index contributed by atoms with van der Waals surface area (Å²) in [7, 11) is 1.80. The molecule has 2 N–H and O–H groups in total. The number of aryl methyl sites for hydroxylation is 4. The smallest absolute Gasteiger partial charge is 0.253 e. The zero-order valence-corrected chi connectivity index (χ0v) is 14.9. The van der Waals surface area contributed by atoms with Crippen molar-refractivity contribution in [3.8, 4) is 0 Å². The first-order chi connectivity index (χ1) is 11.4. The van der Waals surface area contributed by atoms with E-state index in [0.717, 1.165) is 21.5 Å². The number of pyridine rings is 1. The average Bonchev–Trinajstić information content (AvgIpc) is 3.02. The van der Waals surface area contributed by atoms with Crippen LogP contribution in [-0.2, 0) is 18.3 Å². The number of amides is 1. The molecule has 0 atom stereocenters. The Bertz CT molecular complexity index is 982. The summed E-state index contributed by atoms with van der Waals surface area (Å²) in [5.41, 5.74) is 2.92. The van der Waals surface area contributed by atoms with Crippen molar-refractivity contribution in [2.24, 2.45) is 7.05 Å². The molecule has 0 aromatic carbocycles. The molecule has 0 spiro atoms. The van der Waals surface area contributed by atoms with Crippen LogP contribution in [0.3, 0.4) is 0 Å². The molecule has 1 amide bonds. The van der Waals surface area contributed by atoms with Gasteiger partial charge in [-0.15, -0.1) is 11.3 Å². The van der Waals surface area contributed by atoms with Gasteiger partial charge in [0.25, 0.3) is 5.56 Å². The summed E-state index contributed by atoms with van der Waals surface area (Å²) < 4.78 is 1.67. The fourth-order valence-electron chi connectivity index (χ4n) is 2.89. The van der Waals surface area contributed by atoms with Gasteiger partial charge in [-0.05, 0) is 32.8 Å². The number of aromatic nitrogens is 4. The predicted molar refractivity (Wildman–Crippen MR) is 94.6 cm³/mol. The maximum absolute atomic E-state index is 12.4. The summed E-state index contributed by atoms with van der Waals surface area (Å²) in [4.78, 5) is 32.4. The Morgan fingerprint density at radius 1 is 1.38 bits per heavy atom. The van der Waals surface area contributed by atoms with Crippen LogP contribution in [0.25, 0.3) is 11.0 Å². The SMILES string of the molecule is Cc1cnc(NC(=O)CCc2c(C)c3c(C)nn(C)c3[nH]c2=O)s1. The molecule has 0 radical (unpaired) electrons. The van der Waals surface area contributed by atoms with Gasteiger partial charge in [-0.1, -0.05) is 0 Å². The van der Waals surface area contributed by atoms with Gasteiger partial charge in [0, 0.05) is 35.5 Å². The van der Waals surface area contributed by atoms with Gasteiger partial charge < -0.3 is 10.3 Å². The van der Waals surface area contributed by atoms with E-state index in [4.69, 9.17) is 0 Å². The zero-order chi connectivity index (χ0) is 17.4. The zero-order valence-electron chi connectivity index (χ0n) is 14.1. The maximum Gasteiger partial charge on any atom is 0.253 e. The summed E-state index contributed by atoms with van der Waals surface area (Å²) in [5, 5.41) is 8.64. The van der Waals surface area contributed by atoms with Crippen LogP contribution in [0.15, 0.2) is 11.0 Å². The molecular formula is C16H19N5O2S. The van der Waals surface area contributed by atoms with Crippen molar-refractivity contribution in [3.05, 3.63) is 38.2 Å². The van der Waals surface area contributed by atoms with E-state index in [9.17, 15) is 9.59 Å². The summed E-state index contributed by atoms with van der Waals surface area (Å²) >= 11 is 1.43. The Hall–Kier alpha value is -2.48. The van der Waals surface area contributed by atoms with Gasteiger partial charge in [0.2, 0.25) is 5.91 Å². The summed E-state index contributed by atoms with van der Waals surface area (Å²) in [6.45, 7) is 5.75. The number of hydrogen-bond donors (Lipinski definition) is 2. The number of anilines is 1. The summed E-state index contributed by atoms with van der Waals surface area (Å²) in [5.74, 6) is -0.147. The van der Waals surface area contributed by atoms with Crippen molar-refractivity contribution in [2.45, 2.75) is 33.6 Å². The summed E-state index contributed by atoms with van der Waals surface area (Å²) in [6.07, 6.45) is 2.32. The van der Waals surface area contributed by atoms with E-state index in [1.807, 2.05) is 20.8 Å². The number of carbonyl (C=O) groups is 1. The first-order valence-electron chi connectivity index (χ1n) is 7.64. The highest BCUT2D eigenvalue weighted by Gasteiger charge is 2.16. The third-order valence-corrected chi connectivity index (χ3v) is 4.85. The number of nitrogens with one attached hydrogen (secondary N) is 2. The van der Waals surface area contributed by atoms with Crippen LogP contribution in [0.1, 0.15) is 28.1 Å². The molecule has 0 aliphatic heterocycles. The number of thiazole rings is 1. The van der Waals surface area contributed by atoms with Gasteiger partial charge in [0.15, 0.2) is 5.13 Å². The Labute approximate surface area is 142 Å². The molecule has 3 heterocycles. The van der Waals surface area contributed by atoms with E-state index in [0.29, 0.717) is 22.8 Å². The van der Waals surface area contributed by atoms with E-state index in [2.05, 4.69) is 20.4 Å². The average molecular weight is 345 g/mol. The third kappa shape index (κ3) is 2.96. The van der Waals surface area contributed by atoms with Crippen molar-refractivity contribution in [1.82, 2.24) is 19.7 Å². The lowest BCUT2D eigenvalue weighted by molar-refractivity contribution is -0.116. The normalized spacial score (nSPS) is 11.2. The van der Waals surface area contributed by atoms with Gasteiger partial charge in [0.05, 0.1) is 5.69 Å². The molecule has 0 saturated carbocycles. The van der Waals surface area contributed by atoms with Crippen molar-refractivity contribution in [2.75, 3.05) is 5.32 Å². The second kappa shape index (κ2) is 6.20. The van der Waals surface area contributed by atoms with Crippen LogP contribution in [0, 0.1) is 20.8 Å². The van der Waals surface area contributed by atoms with Gasteiger partial charge in [0.1, 0.15) is 5.65 Å². The Balaban J connectivity index is 1.81. The van der Waals surface area contributed by atoms with Crippen LogP contribution < -0.4 is 10.9 Å². The largest absolute Gasteiger partial charge is 0.307 e. The Morgan fingerprint density at radius 2 is 2.12 bits per heavy atom. The fraction of sp³-hybridized carbons (Fsp3) is 0.375. The lowest BCUT2D eigenvalue weighted by Crippen LogP contribution is -2.19. The number of nitrogens with zero attached hydrogens (tertiary/aromatic N) is 3. The Morgan fingerprint density at radius 3 is 2.79 bits per heavy atom. The second-order valence-electron chi connectivity index (χ2n) is 5.81. The van der Waals surface area contributed by atoms with E-state index < -0.39 is 0 Å². The topological polar surface area (TPSA) is 92.7 Å². The van der Waals surface area contributed by atoms with Crippen molar-refractivity contribution in [1.29, 1.82) is 0 Å². The second-order valence-corrected chi connectivity index (χ2v) is 7.05. The van der Waals surface area contributed by atoms with Crippen LogP contribution in [-0.4, -0.2) is 25.7 Å². The highest BCUT2D eigenvalue weighted by Crippen LogP contribution is 2.21. The molecule has 0 aliphatic carbocycles. The van der Waals surface area contributed by atoms with E-state index in [-0.39, 0.29) is 17.9 Å². The number of H-pyrrole nitrogens is 1. The first kappa shape index (κ1) is 16.4. The van der Waals surface area contributed by atoms with Gasteiger partial charge in [-0.3, -0.25) is 14.3 Å². The van der Waals surface area contributed by atoms with Crippen LogP contribution in [0.5, 0.6) is 0 Å². The molecule has 126 valence electrons. The van der Waals surface area contributed by atoms with Crippen molar-refractivity contribution >= 4 is 33.4 Å². The molecule has 3 aromatic heterocycles. The van der Waals surface area contributed by atoms with Crippen LogP contribution in [0.2, 0.25) is 0 Å². The van der Waals surface area contributed by atoms with Gasteiger partial charge in [-0.2, -0.15) is 5.10 Å². The first-order valence-corrected chi connectivity index (χ1v) is 8.46. The predicted octanol–water partition coefficient (Wildman–Crippen LogP) is 2.21. The quantitative estimate of drug-likeness (QED) is 0.758. The number of rotatable bonds is 4. The van der Waals surface area contributed by atoms with E-state index in [1.54, 1.807) is 17.9 Å². The van der Waals surface area contributed by atoms with E-state index >= 15 is 0 Å². The molecular weight excluding hydrogens is 326 g/mol. The number of carbonyl (C=O) groups excluding carboxylic acids is 1. The number of hydrogen-bond acceptors (Lipinski definition) is 5. The van der Waals surface area contributed by atoms with Crippen molar-refractivity contribution in [3.63, 3.8) is 0 Å². The van der Waals surface area contributed by atoms with Gasteiger partial charge in [-0.25, -0.2) is 4.98 Å². The molecule has 0 bridgehead atoms.